The minimum Gasteiger partial charge on any atom is -0.484 e. The summed E-state index contributed by atoms with van der Waals surface area (Å²) >= 11 is 0. The number of likely N-dealkylation sites (N-methyl/N-ethyl adjacent to an activating group) is 1. The number of aromatic nitrogens is 7. The first-order valence-corrected chi connectivity index (χ1v) is 20.6. The van der Waals surface area contributed by atoms with Gasteiger partial charge < -0.3 is 29.9 Å². The fraction of sp³-hybridized carbons (Fsp3) is 0.524. The highest BCUT2D eigenvalue weighted by Gasteiger charge is 2.31. The number of anilines is 2. The number of piperidine rings is 1. The Morgan fingerprint density at radius 2 is 1.74 bits per heavy atom. The molecule has 3 atom stereocenters. The molecule has 16 heteroatoms. The molecule has 310 valence electrons. The number of benzene rings is 1. The van der Waals surface area contributed by atoms with Crippen LogP contribution in [0.4, 0.5) is 16.6 Å². The topological polar surface area (TPSA) is 163 Å². The largest absolute Gasteiger partial charge is 0.484 e. The van der Waals surface area contributed by atoms with Gasteiger partial charge in [-0.3, -0.25) is 19.2 Å². The lowest BCUT2D eigenvalue weighted by Gasteiger charge is -2.33. The lowest BCUT2D eigenvalue weighted by atomic mass is 9.85. The Morgan fingerprint density at radius 1 is 0.966 bits per heavy atom. The van der Waals surface area contributed by atoms with E-state index in [1.54, 1.807) is 4.68 Å². The van der Waals surface area contributed by atoms with E-state index in [1.165, 1.54) is 6.42 Å². The van der Waals surface area contributed by atoms with Gasteiger partial charge in [0.1, 0.15) is 23.4 Å². The quantitative estimate of drug-likeness (QED) is 0.144. The first-order chi connectivity index (χ1) is 28.0. The van der Waals surface area contributed by atoms with Crippen molar-refractivity contribution in [3.05, 3.63) is 77.9 Å². The van der Waals surface area contributed by atoms with Crippen LogP contribution in [0.5, 0.6) is 5.75 Å². The second-order valence-corrected chi connectivity index (χ2v) is 16.7. The summed E-state index contributed by atoms with van der Waals surface area (Å²) in [4.78, 5) is 29.4. The van der Waals surface area contributed by atoms with Crippen LogP contribution in [0.25, 0.3) is 11.3 Å². The van der Waals surface area contributed by atoms with Crippen LogP contribution in [0.2, 0.25) is 0 Å². The summed E-state index contributed by atoms with van der Waals surface area (Å²) < 4.78 is 12.5. The predicted octanol–water partition coefficient (Wildman–Crippen LogP) is 5.90. The molecule has 6 heterocycles. The standard InChI is InChI=1S/C41H56N12O2.CH2O2/c1-29-11-8-9-20-51(29)40-46-45-37-17-14-31(28-52(37)40)55-35-16-15-34(32-12-6-7-13-33(32)35)43-39(54)44-38-25-36(41(2,3)4)47-53(38)30-26-42-50(27-30)19-10-18-49-23-21-48(5)22-24-49;2-1-3/h6-7,12-14,17,25-29,34-35H,8-11,15-16,18-24H2,1-5H3,(H2,43,44,54);1H,(H,2,3)/t29-,34-,35+;/m0./s1. The number of hydrogen-bond acceptors (Lipinski definition) is 10. The third kappa shape index (κ3) is 9.45. The SMILES string of the molecule is C[C@H]1CCCCN1c1nnc2ccc(O[C@@H]3CC[C@H](NC(=O)Nc4cc(C(C)(C)C)nn4-c4cnn(CCCN5CCN(C)CC5)c4)c4ccccc43)cn12.O=CO. The van der Waals surface area contributed by atoms with E-state index >= 15 is 0 Å². The molecule has 2 saturated heterocycles. The normalized spacial score (nSPS) is 20.2. The number of carbonyl (C=O) groups is 2. The minimum absolute atomic E-state index is 0.155. The Bertz CT molecular complexity index is 2150. The molecule has 1 aromatic carbocycles. The number of amides is 2. The summed E-state index contributed by atoms with van der Waals surface area (Å²) in [5, 5.41) is 31.9. The van der Waals surface area contributed by atoms with Crippen LogP contribution in [0, 0.1) is 0 Å². The van der Waals surface area contributed by atoms with E-state index in [-0.39, 0.29) is 30.1 Å². The third-order valence-electron chi connectivity index (χ3n) is 11.5. The van der Waals surface area contributed by atoms with Gasteiger partial charge in [-0.25, -0.2) is 9.48 Å². The van der Waals surface area contributed by atoms with Crippen LogP contribution >= 0.6 is 0 Å². The van der Waals surface area contributed by atoms with Crippen molar-refractivity contribution in [1.82, 2.24) is 49.3 Å². The lowest BCUT2D eigenvalue weighted by molar-refractivity contribution is -0.122. The Hall–Kier alpha value is -5.48. The molecule has 2 amide bonds. The molecular formula is C42H58N12O4. The molecule has 0 saturated carbocycles. The molecule has 2 aliphatic heterocycles. The molecule has 8 rings (SSSR count). The van der Waals surface area contributed by atoms with Crippen molar-refractivity contribution in [2.24, 2.45) is 0 Å². The van der Waals surface area contributed by atoms with E-state index in [2.05, 4.69) is 91.9 Å². The number of nitrogens with one attached hydrogen (secondary N) is 2. The Balaban J connectivity index is 0.00000166. The van der Waals surface area contributed by atoms with E-state index in [0.717, 1.165) is 118 Å². The van der Waals surface area contributed by atoms with Crippen molar-refractivity contribution in [3.8, 4) is 11.4 Å². The average Bonchev–Trinajstić information content (AvgIpc) is 3.96. The highest BCUT2D eigenvalue weighted by atomic mass is 16.5. The molecule has 0 radical (unpaired) electrons. The van der Waals surface area contributed by atoms with Crippen molar-refractivity contribution in [3.63, 3.8) is 0 Å². The van der Waals surface area contributed by atoms with Gasteiger partial charge in [-0.1, -0.05) is 45.0 Å². The van der Waals surface area contributed by atoms with Crippen molar-refractivity contribution in [2.45, 2.75) is 96.4 Å². The summed E-state index contributed by atoms with van der Waals surface area (Å²) in [5.74, 6) is 2.24. The highest BCUT2D eigenvalue weighted by molar-refractivity contribution is 5.89. The first kappa shape index (κ1) is 40.7. The number of piperazine rings is 1. The van der Waals surface area contributed by atoms with E-state index in [0.29, 0.717) is 11.9 Å². The van der Waals surface area contributed by atoms with Gasteiger partial charge in [0.25, 0.3) is 6.47 Å². The Kier molecular flexibility index (Phi) is 12.6. The number of ether oxygens (including phenoxy) is 1. The number of carboxylic acid groups (broad SMARTS) is 1. The maximum atomic E-state index is 13.8. The first-order valence-electron chi connectivity index (χ1n) is 20.6. The smallest absolute Gasteiger partial charge is 0.320 e. The van der Waals surface area contributed by atoms with Crippen LogP contribution in [-0.2, 0) is 16.8 Å². The van der Waals surface area contributed by atoms with Gasteiger partial charge in [0.15, 0.2) is 5.65 Å². The molecule has 1 aliphatic carbocycles. The van der Waals surface area contributed by atoms with E-state index in [1.807, 2.05) is 53.6 Å². The molecule has 4 aromatic heterocycles. The average molecular weight is 795 g/mol. The summed E-state index contributed by atoms with van der Waals surface area (Å²) in [6.07, 6.45) is 11.8. The Morgan fingerprint density at radius 3 is 2.50 bits per heavy atom. The third-order valence-corrected chi connectivity index (χ3v) is 11.5. The zero-order chi connectivity index (χ0) is 40.8. The second-order valence-electron chi connectivity index (χ2n) is 16.7. The van der Waals surface area contributed by atoms with Crippen LogP contribution in [0.15, 0.2) is 61.1 Å². The molecular weight excluding hydrogens is 737 g/mol. The molecule has 0 bridgehead atoms. The predicted molar refractivity (Wildman–Crippen MR) is 223 cm³/mol. The number of hydrogen-bond donors (Lipinski definition) is 3. The molecule has 2 fully saturated rings. The number of fused-ring (bicyclic) bond motifs is 2. The molecule has 16 nitrogen and oxygen atoms in total. The van der Waals surface area contributed by atoms with E-state index in [9.17, 15) is 4.79 Å². The zero-order valence-corrected chi connectivity index (χ0v) is 34.4. The number of aryl methyl sites for hydroxylation is 1. The van der Waals surface area contributed by atoms with Crippen LogP contribution in [0.1, 0.15) is 95.2 Å². The fourth-order valence-electron chi connectivity index (χ4n) is 8.16. The number of urea groups is 1. The molecule has 3 N–H and O–H groups in total. The number of carbonyl (C=O) groups excluding carboxylic acids is 1. The number of pyridine rings is 1. The summed E-state index contributed by atoms with van der Waals surface area (Å²) in [7, 11) is 2.18. The maximum Gasteiger partial charge on any atom is 0.320 e. The Labute approximate surface area is 340 Å². The molecule has 0 spiro atoms. The molecule has 58 heavy (non-hydrogen) atoms. The summed E-state index contributed by atoms with van der Waals surface area (Å²) in [6, 6.07) is 14.1. The number of nitrogens with zero attached hydrogens (tertiary/aromatic N) is 10. The lowest BCUT2D eigenvalue weighted by Crippen LogP contribution is -2.44. The monoisotopic (exact) mass is 794 g/mol. The molecule has 3 aliphatic rings. The maximum absolute atomic E-state index is 13.8. The van der Waals surface area contributed by atoms with Gasteiger partial charge in [-0.05, 0) is 82.3 Å². The van der Waals surface area contributed by atoms with Crippen LogP contribution in [-0.4, -0.2) is 114 Å². The van der Waals surface area contributed by atoms with Gasteiger partial charge >= 0.3 is 6.03 Å². The molecule has 0 unspecified atom stereocenters. The van der Waals surface area contributed by atoms with Gasteiger partial charge in [-0.15, -0.1) is 10.2 Å². The van der Waals surface area contributed by atoms with Gasteiger partial charge in [0.2, 0.25) is 5.95 Å². The van der Waals surface area contributed by atoms with Gasteiger partial charge in [0.05, 0.1) is 30.3 Å². The van der Waals surface area contributed by atoms with Crippen molar-refractivity contribution >= 4 is 29.9 Å². The van der Waals surface area contributed by atoms with Crippen molar-refractivity contribution < 1.29 is 19.4 Å². The summed E-state index contributed by atoms with van der Waals surface area (Å²) in [5.41, 5.74) is 4.43. The van der Waals surface area contributed by atoms with Crippen molar-refractivity contribution in [2.75, 3.05) is 56.5 Å². The zero-order valence-electron chi connectivity index (χ0n) is 34.4. The van der Waals surface area contributed by atoms with Crippen LogP contribution < -0.4 is 20.3 Å². The fourth-order valence-corrected chi connectivity index (χ4v) is 8.16. The van der Waals surface area contributed by atoms with Gasteiger partial charge in [-0.2, -0.15) is 10.2 Å². The van der Waals surface area contributed by atoms with Crippen molar-refractivity contribution in [1.29, 1.82) is 0 Å². The highest BCUT2D eigenvalue weighted by Crippen LogP contribution is 2.39. The second kappa shape index (κ2) is 18.0. The number of rotatable bonds is 10. The summed E-state index contributed by atoms with van der Waals surface area (Å²) in [6.45, 7) is 15.7. The van der Waals surface area contributed by atoms with Crippen LogP contribution in [0.3, 0.4) is 0 Å². The minimum atomic E-state index is -0.280. The molecule has 5 aromatic rings. The van der Waals surface area contributed by atoms with Gasteiger partial charge in [0, 0.05) is 56.8 Å². The van der Waals surface area contributed by atoms with E-state index in [4.69, 9.17) is 19.7 Å². The van der Waals surface area contributed by atoms with E-state index < -0.39 is 0 Å².